The molecule has 1 rings (SSSR count). The predicted molar refractivity (Wildman–Crippen MR) is 45.1 cm³/mol. The Morgan fingerprint density at radius 2 is 2.30 bits per heavy atom. The maximum atomic E-state index is 3.75. The lowest BCUT2D eigenvalue weighted by atomic mass is 10.1. The third-order valence-electron chi connectivity index (χ3n) is 2.11. The van der Waals surface area contributed by atoms with Gasteiger partial charge in [0.15, 0.2) is 0 Å². The van der Waals surface area contributed by atoms with E-state index in [1.165, 1.54) is 32.2 Å². The van der Waals surface area contributed by atoms with E-state index < -0.39 is 0 Å². The summed E-state index contributed by atoms with van der Waals surface area (Å²) >= 11 is 0. The molecule has 0 bridgehead atoms. The summed E-state index contributed by atoms with van der Waals surface area (Å²) in [4.78, 5) is 0. The lowest BCUT2D eigenvalue weighted by molar-refractivity contribution is 0.515. The molecule has 1 aliphatic heterocycles. The molecule has 0 aliphatic carbocycles. The summed E-state index contributed by atoms with van der Waals surface area (Å²) in [6.07, 6.45) is 8.65. The normalized spacial score (nSPS) is 27.4. The van der Waals surface area contributed by atoms with Crippen LogP contribution in [0.4, 0.5) is 0 Å². The van der Waals surface area contributed by atoms with Gasteiger partial charge in [-0.15, -0.1) is 6.58 Å². The van der Waals surface area contributed by atoms with Crippen molar-refractivity contribution in [2.45, 2.75) is 38.1 Å². The third-order valence-corrected chi connectivity index (χ3v) is 2.11. The van der Waals surface area contributed by atoms with Crippen molar-refractivity contribution in [3.63, 3.8) is 0 Å². The van der Waals surface area contributed by atoms with E-state index in [0.717, 1.165) is 12.5 Å². The standard InChI is InChI=1S/C9H17N/c1-2-6-9-7-4-3-5-8-10-9/h2,9-10H,1,3-8H2/t9-/m0/s1. The number of hydrogen-bond acceptors (Lipinski definition) is 1. The summed E-state index contributed by atoms with van der Waals surface area (Å²) in [5.74, 6) is 0. The third kappa shape index (κ3) is 2.53. The first-order valence-electron chi connectivity index (χ1n) is 4.28. The van der Waals surface area contributed by atoms with Crippen LogP contribution in [0.15, 0.2) is 12.7 Å². The molecule has 1 heteroatoms. The van der Waals surface area contributed by atoms with Crippen LogP contribution >= 0.6 is 0 Å². The van der Waals surface area contributed by atoms with Gasteiger partial charge < -0.3 is 5.32 Å². The van der Waals surface area contributed by atoms with Crippen LogP contribution in [0.25, 0.3) is 0 Å². The Morgan fingerprint density at radius 1 is 1.40 bits per heavy atom. The average molecular weight is 139 g/mol. The second-order valence-corrected chi connectivity index (χ2v) is 3.02. The zero-order valence-electron chi connectivity index (χ0n) is 6.60. The molecule has 1 saturated heterocycles. The molecule has 1 nitrogen and oxygen atoms in total. The fourth-order valence-corrected chi connectivity index (χ4v) is 1.50. The summed E-state index contributed by atoms with van der Waals surface area (Å²) in [5.41, 5.74) is 0. The molecule has 0 aromatic heterocycles. The van der Waals surface area contributed by atoms with Gasteiger partial charge in [0.05, 0.1) is 0 Å². The number of hydrogen-bond donors (Lipinski definition) is 1. The molecular weight excluding hydrogens is 122 g/mol. The van der Waals surface area contributed by atoms with Crippen molar-refractivity contribution in [2.24, 2.45) is 0 Å². The van der Waals surface area contributed by atoms with E-state index in [4.69, 9.17) is 0 Å². The van der Waals surface area contributed by atoms with Gasteiger partial charge in [0, 0.05) is 6.04 Å². The lowest BCUT2D eigenvalue weighted by Crippen LogP contribution is -2.27. The Hall–Kier alpha value is -0.300. The molecule has 0 aromatic carbocycles. The van der Waals surface area contributed by atoms with Crippen molar-refractivity contribution in [3.8, 4) is 0 Å². The van der Waals surface area contributed by atoms with Crippen molar-refractivity contribution in [2.75, 3.05) is 6.54 Å². The van der Waals surface area contributed by atoms with E-state index in [1.54, 1.807) is 0 Å². The van der Waals surface area contributed by atoms with E-state index in [9.17, 15) is 0 Å². The van der Waals surface area contributed by atoms with E-state index in [2.05, 4.69) is 11.9 Å². The van der Waals surface area contributed by atoms with Gasteiger partial charge in [-0.25, -0.2) is 0 Å². The maximum Gasteiger partial charge on any atom is 0.0101 e. The molecule has 1 fully saturated rings. The van der Waals surface area contributed by atoms with Gasteiger partial charge in [-0.2, -0.15) is 0 Å². The monoisotopic (exact) mass is 139 g/mol. The van der Waals surface area contributed by atoms with Gasteiger partial charge in [-0.3, -0.25) is 0 Å². The molecule has 0 saturated carbocycles. The second kappa shape index (κ2) is 4.51. The van der Waals surface area contributed by atoms with Crippen molar-refractivity contribution in [1.29, 1.82) is 0 Å². The Kier molecular flexibility index (Phi) is 3.52. The first kappa shape index (κ1) is 7.80. The topological polar surface area (TPSA) is 12.0 Å². The van der Waals surface area contributed by atoms with E-state index >= 15 is 0 Å². The minimum Gasteiger partial charge on any atom is -0.314 e. The highest BCUT2D eigenvalue weighted by molar-refractivity contribution is 4.79. The molecule has 1 aliphatic rings. The second-order valence-electron chi connectivity index (χ2n) is 3.02. The fraction of sp³-hybridized carbons (Fsp3) is 0.778. The smallest absolute Gasteiger partial charge is 0.0101 e. The fourth-order valence-electron chi connectivity index (χ4n) is 1.50. The van der Waals surface area contributed by atoms with Crippen LogP contribution in [0.5, 0.6) is 0 Å². The Bertz CT molecular complexity index is 90.9. The van der Waals surface area contributed by atoms with E-state index in [1.807, 2.05) is 6.08 Å². The van der Waals surface area contributed by atoms with Gasteiger partial charge in [-0.1, -0.05) is 18.9 Å². The van der Waals surface area contributed by atoms with Gasteiger partial charge in [0.1, 0.15) is 0 Å². The van der Waals surface area contributed by atoms with Crippen LogP contribution in [0.2, 0.25) is 0 Å². The summed E-state index contributed by atoms with van der Waals surface area (Å²) in [6, 6.07) is 0.722. The van der Waals surface area contributed by atoms with Crippen molar-refractivity contribution in [3.05, 3.63) is 12.7 Å². The molecule has 58 valence electrons. The first-order chi connectivity index (χ1) is 4.93. The first-order valence-corrected chi connectivity index (χ1v) is 4.28. The average Bonchev–Trinajstić information content (AvgIpc) is 2.17. The molecule has 10 heavy (non-hydrogen) atoms. The highest BCUT2D eigenvalue weighted by Gasteiger charge is 2.08. The molecule has 0 radical (unpaired) electrons. The minimum absolute atomic E-state index is 0.722. The van der Waals surface area contributed by atoms with Crippen LogP contribution in [0, 0.1) is 0 Å². The SMILES string of the molecule is C=CC[C@H]1CCCCCN1. The summed E-state index contributed by atoms with van der Waals surface area (Å²) < 4.78 is 0. The van der Waals surface area contributed by atoms with Crippen LogP contribution in [-0.4, -0.2) is 12.6 Å². The Morgan fingerprint density at radius 3 is 3.10 bits per heavy atom. The molecular formula is C9H17N. The van der Waals surface area contributed by atoms with Gasteiger partial charge in [0.25, 0.3) is 0 Å². The van der Waals surface area contributed by atoms with Crippen LogP contribution < -0.4 is 5.32 Å². The van der Waals surface area contributed by atoms with Gasteiger partial charge in [0.2, 0.25) is 0 Å². The lowest BCUT2D eigenvalue weighted by Gasteiger charge is -2.11. The molecule has 1 atom stereocenters. The van der Waals surface area contributed by atoms with Crippen LogP contribution in [0.1, 0.15) is 32.1 Å². The van der Waals surface area contributed by atoms with Crippen LogP contribution in [0.3, 0.4) is 0 Å². The van der Waals surface area contributed by atoms with Gasteiger partial charge in [-0.05, 0) is 25.8 Å². The molecule has 0 amide bonds. The van der Waals surface area contributed by atoms with E-state index in [0.29, 0.717) is 0 Å². The molecule has 0 unspecified atom stereocenters. The molecule has 1 N–H and O–H groups in total. The number of rotatable bonds is 2. The van der Waals surface area contributed by atoms with Crippen LogP contribution in [-0.2, 0) is 0 Å². The molecule has 0 aromatic rings. The quantitative estimate of drug-likeness (QED) is 0.578. The summed E-state index contributed by atoms with van der Waals surface area (Å²) in [5, 5.41) is 3.51. The van der Waals surface area contributed by atoms with Crippen molar-refractivity contribution in [1.82, 2.24) is 5.32 Å². The predicted octanol–water partition coefficient (Wildman–Crippen LogP) is 2.09. The molecule has 0 spiro atoms. The maximum absolute atomic E-state index is 3.75. The van der Waals surface area contributed by atoms with E-state index in [-0.39, 0.29) is 0 Å². The minimum atomic E-state index is 0.722. The largest absolute Gasteiger partial charge is 0.314 e. The Balaban J connectivity index is 2.21. The summed E-state index contributed by atoms with van der Waals surface area (Å²) in [7, 11) is 0. The highest BCUT2D eigenvalue weighted by Crippen LogP contribution is 2.10. The van der Waals surface area contributed by atoms with Crippen molar-refractivity contribution >= 4 is 0 Å². The van der Waals surface area contributed by atoms with Gasteiger partial charge >= 0.3 is 0 Å². The Labute approximate surface area is 63.5 Å². The zero-order valence-corrected chi connectivity index (χ0v) is 6.60. The van der Waals surface area contributed by atoms with Crippen molar-refractivity contribution < 1.29 is 0 Å². The zero-order chi connectivity index (χ0) is 7.23. The number of nitrogens with one attached hydrogen (secondary N) is 1. The molecule has 1 heterocycles. The summed E-state index contributed by atoms with van der Waals surface area (Å²) in [6.45, 7) is 4.95. The highest BCUT2D eigenvalue weighted by atomic mass is 14.9.